The van der Waals surface area contributed by atoms with Crippen molar-refractivity contribution in [1.29, 1.82) is 0 Å². The Labute approximate surface area is 222 Å². The van der Waals surface area contributed by atoms with E-state index in [1.54, 1.807) is 23.1 Å². The van der Waals surface area contributed by atoms with Crippen molar-refractivity contribution in [3.05, 3.63) is 65.4 Å². The van der Waals surface area contributed by atoms with Crippen molar-refractivity contribution in [2.45, 2.75) is 52.2 Å². The molecule has 1 aliphatic rings. The highest BCUT2D eigenvalue weighted by atomic mass is 16.6. The van der Waals surface area contributed by atoms with Gasteiger partial charge in [-0.15, -0.1) is 0 Å². The van der Waals surface area contributed by atoms with Crippen LogP contribution in [0.25, 0.3) is 10.8 Å². The number of aryl methyl sites for hydroxylation is 1. The molecular weight excluding hydrogens is 486 g/mol. The highest BCUT2D eigenvalue weighted by molar-refractivity contribution is 6.11. The molecule has 2 amide bonds. The zero-order valence-electron chi connectivity index (χ0n) is 22.4. The van der Waals surface area contributed by atoms with Crippen LogP contribution in [0, 0.1) is 6.92 Å². The van der Waals surface area contributed by atoms with Crippen LogP contribution in [-0.4, -0.2) is 64.8 Å². The number of hydrogen-bond acceptors (Lipinski definition) is 6. The predicted molar refractivity (Wildman–Crippen MR) is 144 cm³/mol. The lowest BCUT2D eigenvalue weighted by Crippen LogP contribution is -2.53. The SMILES string of the molecule is COc1cc(C)c2c(N(C(=O)c3ccc(C(=O)O)cc3)[C@@H]3CCCN(C(=O)OC(C)(C)C)C3)nccc2c1. The Hall–Kier alpha value is -4.14. The molecule has 1 saturated heterocycles. The second-order valence-electron chi connectivity index (χ2n) is 10.5. The molecule has 9 nitrogen and oxygen atoms in total. The molecule has 0 bridgehead atoms. The van der Waals surface area contributed by atoms with Crippen LogP contribution in [-0.2, 0) is 4.74 Å². The number of piperidine rings is 1. The third kappa shape index (κ3) is 5.72. The number of aromatic carboxylic acids is 1. The van der Waals surface area contributed by atoms with Gasteiger partial charge in [0.15, 0.2) is 0 Å². The van der Waals surface area contributed by atoms with Gasteiger partial charge in [-0.3, -0.25) is 9.69 Å². The summed E-state index contributed by atoms with van der Waals surface area (Å²) in [5.74, 6) is -0.219. The molecule has 4 rings (SSSR count). The smallest absolute Gasteiger partial charge is 0.410 e. The summed E-state index contributed by atoms with van der Waals surface area (Å²) < 4.78 is 11.0. The van der Waals surface area contributed by atoms with Crippen LogP contribution in [0.5, 0.6) is 5.75 Å². The first-order valence-corrected chi connectivity index (χ1v) is 12.6. The number of methoxy groups -OCH3 is 1. The van der Waals surface area contributed by atoms with Gasteiger partial charge < -0.3 is 19.5 Å². The molecule has 200 valence electrons. The molecule has 0 unspecified atom stereocenters. The van der Waals surface area contributed by atoms with Crippen molar-refractivity contribution in [1.82, 2.24) is 9.88 Å². The van der Waals surface area contributed by atoms with Crippen LogP contribution in [0.4, 0.5) is 10.6 Å². The van der Waals surface area contributed by atoms with E-state index in [4.69, 9.17) is 9.47 Å². The summed E-state index contributed by atoms with van der Waals surface area (Å²) in [7, 11) is 1.60. The molecule has 38 heavy (non-hydrogen) atoms. The number of aromatic nitrogens is 1. The number of carboxylic acids is 1. The Morgan fingerprint density at radius 1 is 1.08 bits per heavy atom. The summed E-state index contributed by atoms with van der Waals surface area (Å²) in [5, 5.41) is 11.0. The highest BCUT2D eigenvalue weighted by Gasteiger charge is 2.35. The van der Waals surface area contributed by atoms with E-state index in [2.05, 4.69) is 4.98 Å². The Kier molecular flexibility index (Phi) is 7.57. The van der Waals surface area contributed by atoms with Gasteiger partial charge in [-0.25, -0.2) is 14.6 Å². The summed E-state index contributed by atoms with van der Waals surface area (Å²) in [5.41, 5.74) is 0.669. The Morgan fingerprint density at radius 2 is 1.76 bits per heavy atom. The normalized spacial score (nSPS) is 15.7. The summed E-state index contributed by atoms with van der Waals surface area (Å²) >= 11 is 0. The summed E-state index contributed by atoms with van der Waals surface area (Å²) in [6.45, 7) is 8.20. The lowest BCUT2D eigenvalue weighted by atomic mass is 10.00. The topological polar surface area (TPSA) is 109 Å². The molecule has 1 atom stereocenters. The van der Waals surface area contributed by atoms with E-state index in [-0.39, 0.29) is 24.1 Å². The van der Waals surface area contributed by atoms with Crippen LogP contribution < -0.4 is 9.64 Å². The number of carboxylic acid groups (broad SMARTS) is 1. The van der Waals surface area contributed by atoms with E-state index in [9.17, 15) is 19.5 Å². The zero-order chi connectivity index (χ0) is 27.6. The first-order valence-electron chi connectivity index (χ1n) is 12.6. The second-order valence-corrected chi connectivity index (χ2v) is 10.5. The van der Waals surface area contributed by atoms with Crippen molar-refractivity contribution < 1.29 is 29.0 Å². The van der Waals surface area contributed by atoms with Gasteiger partial charge in [-0.1, -0.05) is 0 Å². The van der Waals surface area contributed by atoms with E-state index in [0.717, 1.165) is 16.3 Å². The van der Waals surface area contributed by atoms with Gasteiger partial charge in [0.2, 0.25) is 0 Å². The third-order valence-corrected chi connectivity index (χ3v) is 6.49. The molecular formula is C29H33N3O6. The lowest BCUT2D eigenvalue weighted by Gasteiger charge is -2.39. The lowest BCUT2D eigenvalue weighted by molar-refractivity contribution is 0.0196. The maximum absolute atomic E-state index is 14.1. The number of ether oxygens (including phenoxy) is 2. The molecule has 2 heterocycles. The quantitative estimate of drug-likeness (QED) is 0.487. The van der Waals surface area contributed by atoms with Crippen molar-refractivity contribution >= 4 is 34.6 Å². The number of nitrogens with zero attached hydrogens (tertiary/aromatic N) is 3. The number of anilines is 1. The fourth-order valence-corrected chi connectivity index (χ4v) is 4.76. The molecule has 0 spiro atoms. The van der Waals surface area contributed by atoms with Crippen molar-refractivity contribution in [3.8, 4) is 5.75 Å². The van der Waals surface area contributed by atoms with Crippen LogP contribution in [0.15, 0.2) is 48.7 Å². The number of hydrogen-bond donors (Lipinski definition) is 1. The van der Waals surface area contributed by atoms with E-state index in [1.165, 1.54) is 24.3 Å². The monoisotopic (exact) mass is 519 g/mol. The standard InChI is InChI=1S/C29H33N3O6/c1-18-15-23(37-5)16-21-12-13-30-25(24(18)21)32(26(33)19-8-10-20(11-9-19)27(34)35)22-7-6-14-31(17-22)28(36)38-29(2,3)4/h8-13,15-16,22H,6-7,14,17H2,1-5H3,(H,34,35)/t22-/m1/s1. The average molecular weight is 520 g/mol. The molecule has 0 radical (unpaired) electrons. The molecule has 1 fully saturated rings. The van der Waals surface area contributed by atoms with E-state index in [0.29, 0.717) is 36.5 Å². The number of benzene rings is 2. The molecule has 2 aromatic carbocycles. The highest BCUT2D eigenvalue weighted by Crippen LogP contribution is 2.34. The van der Waals surface area contributed by atoms with Crippen molar-refractivity contribution in [3.63, 3.8) is 0 Å². The van der Waals surface area contributed by atoms with Gasteiger partial charge >= 0.3 is 12.1 Å². The first kappa shape index (κ1) is 26.9. The maximum atomic E-state index is 14.1. The minimum atomic E-state index is -1.07. The molecule has 1 aliphatic heterocycles. The second kappa shape index (κ2) is 10.7. The summed E-state index contributed by atoms with van der Waals surface area (Å²) in [6.07, 6.45) is 2.57. The average Bonchev–Trinajstić information content (AvgIpc) is 2.88. The molecule has 0 aliphatic carbocycles. The predicted octanol–water partition coefficient (Wildman–Crippen LogP) is 5.30. The molecule has 1 N–H and O–H groups in total. The minimum absolute atomic E-state index is 0.0908. The van der Waals surface area contributed by atoms with E-state index >= 15 is 0 Å². The number of pyridine rings is 1. The largest absolute Gasteiger partial charge is 0.497 e. The summed E-state index contributed by atoms with van der Waals surface area (Å²) in [4.78, 5) is 46.3. The van der Waals surface area contributed by atoms with Gasteiger partial charge in [0, 0.05) is 30.2 Å². The van der Waals surface area contributed by atoms with Gasteiger partial charge in [0.1, 0.15) is 17.2 Å². The maximum Gasteiger partial charge on any atom is 0.410 e. The van der Waals surface area contributed by atoms with Gasteiger partial charge in [-0.05, 0) is 94.0 Å². The number of likely N-dealkylation sites (tertiary alicyclic amines) is 1. The number of carbonyl (C=O) groups excluding carboxylic acids is 2. The Morgan fingerprint density at radius 3 is 2.39 bits per heavy atom. The van der Waals surface area contributed by atoms with Crippen molar-refractivity contribution in [2.75, 3.05) is 25.1 Å². The number of fused-ring (bicyclic) bond motifs is 1. The third-order valence-electron chi connectivity index (χ3n) is 6.49. The van der Waals surface area contributed by atoms with Crippen LogP contribution in [0.3, 0.4) is 0 Å². The Balaban J connectivity index is 1.80. The van der Waals surface area contributed by atoms with Gasteiger partial charge in [0.25, 0.3) is 5.91 Å². The first-order chi connectivity index (χ1) is 18.0. The van der Waals surface area contributed by atoms with Gasteiger partial charge in [0.05, 0.1) is 18.7 Å². The van der Waals surface area contributed by atoms with Gasteiger partial charge in [-0.2, -0.15) is 0 Å². The summed E-state index contributed by atoms with van der Waals surface area (Å²) in [6, 6.07) is 11.1. The van der Waals surface area contributed by atoms with E-state index in [1.807, 2.05) is 45.9 Å². The van der Waals surface area contributed by atoms with E-state index < -0.39 is 17.7 Å². The molecule has 0 saturated carbocycles. The fourth-order valence-electron chi connectivity index (χ4n) is 4.76. The van der Waals surface area contributed by atoms with Crippen LogP contribution in [0.1, 0.15) is 59.9 Å². The number of carbonyl (C=O) groups is 3. The molecule has 3 aromatic rings. The Bertz CT molecular complexity index is 1360. The number of amides is 2. The fraction of sp³-hybridized carbons (Fsp3) is 0.379. The van der Waals surface area contributed by atoms with Crippen molar-refractivity contribution in [2.24, 2.45) is 0 Å². The minimum Gasteiger partial charge on any atom is -0.497 e. The molecule has 1 aromatic heterocycles. The van der Waals surface area contributed by atoms with Crippen LogP contribution >= 0.6 is 0 Å². The molecule has 9 heteroatoms. The number of rotatable bonds is 5. The zero-order valence-corrected chi connectivity index (χ0v) is 22.4. The van der Waals surface area contributed by atoms with Crippen LogP contribution in [0.2, 0.25) is 0 Å².